The van der Waals surface area contributed by atoms with Crippen LogP contribution in [0.2, 0.25) is 0 Å². The first-order chi connectivity index (χ1) is 9.22. The summed E-state index contributed by atoms with van der Waals surface area (Å²) in [5.74, 6) is 1.38. The minimum absolute atomic E-state index is 0.546. The van der Waals surface area contributed by atoms with E-state index >= 15 is 0 Å². The van der Waals surface area contributed by atoms with E-state index in [1.54, 1.807) is 12.3 Å². The van der Waals surface area contributed by atoms with Crippen molar-refractivity contribution in [3.63, 3.8) is 0 Å². The Kier molecular flexibility index (Phi) is 3.42. The molecule has 3 nitrogen and oxygen atoms in total. The summed E-state index contributed by atoms with van der Waals surface area (Å²) in [6, 6.07) is 8.09. The number of hydrogen-bond donors (Lipinski definition) is 1. The third-order valence-corrected chi connectivity index (χ3v) is 3.93. The molecule has 0 spiro atoms. The first-order valence-corrected chi connectivity index (χ1v) is 7.22. The highest BCUT2D eigenvalue weighted by molar-refractivity contribution is 9.10. The van der Waals surface area contributed by atoms with Crippen LogP contribution in [-0.2, 0) is 12.8 Å². The van der Waals surface area contributed by atoms with Crippen LogP contribution in [0, 0.1) is 0 Å². The van der Waals surface area contributed by atoms with Gasteiger partial charge in [0.2, 0.25) is 5.88 Å². The van der Waals surface area contributed by atoms with Crippen molar-refractivity contribution >= 4 is 21.6 Å². The highest BCUT2D eigenvalue weighted by Crippen LogP contribution is 2.31. The van der Waals surface area contributed by atoms with Gasteiger partial charge in [0.1, 0.15) is 5.75 Å². The van der Waals surface area contributed by atoms with Crippen LogP contribution in [0.5, 0.6) is 11.6 Å². The molecule has 0 fully saturated rings. The van der Waals surface area contributed by atoms with Crippen LogP contribution < -0.4 is 10.5 Å². The van der Waals surface area contributed by atoms with Gasteiger partial charge in [-0.25, -0.2) is 4.98 Å². The van der Waals surface area contributed by atoms with E-state index in [4.69, 9.17) is 10.5 Å². The average molecular weight is 319 g/mol. The van der Waals surface area contributed by atoms with Gasteiger partial charge in [-0.3, -0.25) is 0 Å². The van der Waals surface area contributed by atoms with Crippen LogP contribution in [0.4, 0.5) is 5.69 Å². The third-order valence-electron chi connectivity index (χ3n) is 3.36. The minimum atomic E-state index is 0.546. The standard InChI is InChI=1S/C15H15BrN2O/c16-14-8-12(17)9-18-15(14)19-13-6-5-10-3-1-2-4-11(10)7-13/h5-9H,1-4,17H2. The zero-order valence-electron chi connectivity index (χ0n) is 10.5. The molecule has 0 radical (unpaired) electrons. The highest BCUT2D eigenvalue weighted by Gasteiger charge is 2.11. The number of benzene rings is 1. The number of aryl methyl sites for hydroxylation is 2. The molecule has 3 rings (SSSR count). The fraction of sp³-hybridized carbons (Fsp3) is 0.267. The number of fused-ring (bicyclic) bond motifs is 1. The van der Waals surface area contributed by atoms with Crippen LogP contribution in [0.3, 0.4) is 0 Å². The summed E-state index contributed by atoms with van der Waals surface area (Å²) in [4.78, 5) is 4.19. The fourth-order valence-electron chi connectivity index (χ4n) is 2.40. The van der Waals surface area contributed by atoms with Crippen molar-refractivity contribution in [3.8, 4) is 11.6 Å². The van der Waals surface area contributed by atoms with Crippen LogP contribution in [-0.4, -0.2) is 4.98 Å². The molecule has 4 heteroatoms. The lowest BCUT2D eigenvalue weighted by atomic mass is 9.92. The zero-order valence-corrected chi connectivity index (χ0v) is 12.1. The maximum absolute atomic E-state index is 5.82. The quantitative estimate of drug-likeness (QED) is 0.906. The summed E-state index contributed by atoms with van der Waals surface area (Å²) < 4.78 is 6.59. The Morgan fingerprint density at radius 2 is 1.89 bits per heavy atom. The van der Waals surface area contributed by atoms with Gasteiger partial charge in [0.15, 0.2) is 0 Å². The lowest BCUT2D eigenvalue weighted by Crippen LogP contribution is -2.02. The van der Waals surface area contributed by atoms with Crippen molar-refractivity contribution in [2.45, 2.75) is 25.7 Å². The maximum Gasteiger partial charge on any atom is 0.233 e. The van der Waals surface area contributed by atoms with E-state index in [1.165, 1.54) is 30.4 Å². The van der Waals surface area contributed by atoms with Gasteiger partial charge >= 0.3 is 0 Å². The molecule has 0 amide bonds. The van der Waals surface area contributed by atoms with E-state index in [0.29, 0.717) is 11.6 Å². The molecule has 1 aromatic heterocycles. The Bertz CT molecular complexity index is 613. The second-order valence-corrected chi connectivity index (χ2v) is 5.65. The predicted octanol–water partition coefficient (Wildman–Crippen LogP) is 4.10. The van der Waals surface area contributed by atoms with Gasteiger partial charge in [0.05, 0.1) is 16.4 Å². The molecule has 1 aliphatic carbocycles. The van der Waals surface area contributed by atoms with Crippen LogP contribution in [0.15, 0.2) is 34.9 Å². The van der Waals surface area contributed by atoms with Crippen molar-refractivity contribution in [3.05, 3.63) is 46.1 Å². The Morgan fingerprint density at radius 1 is 1.11 bits per heavy atom. The molecule has 0 atom stereocenters. The molecule has 1 aromatic carbocycles. The van der Waals surface area contributed by atoms with Gasteiger partial charge in [-0.15, -0.1) is 0 Å². The van der Waals surface area contributed by atoms with E-state index in [9.17, 15) is 0 Å². The predicted molar refractivity (Wildman–Crippen MR) is 79.5 cm³/mol. The summed E-state index contributed by atoms with van der Waals surface area (Å²) >= 11 is 3.41. The van der Waals surface area contributed by atoms with Gasteiger partial charge in [-0.1, -0.05) is 6.07 Å². The smallest absolute Gasteiger partial charge is 0.233 e. The highest BCUT2D eigenvalue weighted by atomic mass is 79.9. The van der Waals surface area contributed by atoms with Gasteiger partial charge in [0.25, 0.3) is 0 Å². The second kappa shape index (κ2) is 5.21. The van der Waals surface area contributed by atoms with Crippen molar-refractivity contribution in [1.29, 1.82) is 0 Å². The van der Waals surface area contributed by atoms with Gasteiger partial charge in [0, 0.05) is 0 Å². The van der Waals surface area contributed by atoms with Crippen molar-refractivity contribution < 1.29 is 4.74 Å². The van der Waals surface area contributed by atoms with E-state index in [-0.39, 0.29) is 0 Å². The lowest BCUT2D eigenvalue weighted by molar-refractivity contribution is 0.458. The molecule has 1 heterocycles. The number of ether oxygens (including phenoxy) is 1. The molecular weight excluding hydrogens is 304 g/mol. The number of hydrogen-bond acceptors (Lipinski definition) is 3. The summed E-state index contributed by atoms with van der Waals surface area (Å²) in [6.45, 7) is 0. The van der Waals surface area contributed by atoms with Gasteiger partial charge in [-0.05, 0) is 70.9 Å². The van der Waals surface area contributed by atoms with E-state index in [1.807, 2.05) is 6.07 Å². The summed E-state index contributed by atoms with van der Waals surface area (Å²) in [6.07, 6.45) is 6.47. The largest absolute Gasteiger partial charge is 0.438 e. The SMILES string of the molecule is Nc1cnc(Oc2ccc3c(c2)CCCC3)c(Br)c1. The monoisotopic (exact) mass is 318 g/mol. The first kappa shape index (κ1) is 12.5. The van der Waals surface area contributed by atoms with E-state index in [0.717, 1.165) is 16.6 Å². The summed E-state index contributed by atoms with van der Waals surface area (Å²) in [5.41, 5.74) is 9.12. The topological polar surface area (TPSA) is 48.1 Å². The first-order valence-electron chi connectivity index (χ1n) is 6.43. The number of rotatable bonds is 2. The number of pyridine rings is 1. The number of halogens is 1. The van der Waals surface area contributed by atoms with Gasteiger partial charge in [-0.2, -0.15) is 0 Å². The van der Waals surface area contributed by atoms with Crippen LogP contribution in [0.1, 0.15) is 24.0 Å². The van der Waals surface area contributed by atoms with Crippen molar-refractivity contribution in [1.82, 2.24) is 4.98 Å². The Balaban J connectivity index is 1.87. The molecule has 1 aliphatic rings. The molecule has 0 saturated heterocycles. The number of nitrogen functional groups attached to an aromatic ring is 1. The number of nitrogens with zero attached hydrogens (tertiary/aromatic N) is 1. The zero-order chi connectivity index (χ0) is 13.2. The van der Waals surface area contributed by atoms with E-state index < -0.39 is 0 Å². The molecule has 2 aromatic rings. The molecule has 0 bridgehead atoms. The summed E-state index contributed by atoms with van der Waals surface area (Å²) in [7, 11) is 0. The molecule has 0 saturated carbocycles. The molecule has 0 aliphatic heterocycles. The second-order valence-electron chi connectivity index (χ2n) is 4.80. The summed E-state index contributed by atoms with van der Waals surface area (Å²) in [5, 5.41) is 0. The van der Waals surface area contributed by atoms with Crippen molar-refractivity contribution in [2.24, 2.45) is 0 Å². The number of nitrogens with two attached hydrogens (primary N) is 1. The molecule has 98 valence electrons. The van der Waals surface area contributed by atoms with Crippen LogP contribution >= 0.6 is 15.9 Å². The maximum atomic E-state index is 5.82. The normalized spacial score (nSPS) is 13.9. The lowest BCUT2D eigenvalue weighted by Gasteiger charge is -2.16. The van der Waals surface area contributed by atoms with Gasteiger partial charge < -0.3 is 10.5 Å². The Labute approximate surface area is 120 Å². The Morgan fingerprint density at radius 3 is 2.68 bits per heavy atom. The molecular formula is C15H15BrN2O. The third kappa shape index (κ3) is 2.73. The molecule has 2 N–H and O–H groups in total. The number of anilines is 1. The minimum Gasteiger partial charge on any atom is -0.438 e. The Hall–Kier alpha value is -1.55. The molecule has 0 unspecified atom stereocenters. The molecule has 19 heavy (non-hydrogen) atoms. The van der Waals surface area contributed by atoms with Crippen molar-refractivity contribution in [2.75, 3.05) is 5.73 Å². The number of aromatic nitrogens is 1. The van der Waals surface area contributed by atoms with Crippen LogP contribution in [0.25, 0.3) is 0 Å². The average Bonchev–Trinajstić information content (AvgIpc) is 2.42. The van der Waals surface area contributed by atoms with E-state index in [2.05, 4.69) is 33.0 Å². The fourth-order valence-corrected chi connectivity index (χ4v) is 2.85.